The Hall–Kier alpha value is -1.84. The molecule has 1 aromatic carbocycles. The van der Waals surface area contributed by atoms with Crippen molar-refractivity contribution >= 4 is 11.8 Å². The molecule has 1 rings (SSSR count). The number of aromatic hydroxyl groups is 1. The Balaban J connectivity index is 2.90. The molecule has 0 aliphatic rings. The first-order valence-corrected chi connectivity index (χ1v) is 9.59. The summed E-state index contributed by atoms with van der Waals surface area (Å²) >= 11 is 0. The molecular formula is C21H32O4. The summed E-state index contributed by atoms with van der Waals surface area (Å²) in [5, 5.41) is 19.4. The van der Waals surface area contributed by atoms with Gasteiger partial charge in [0.25, 0.3) is 0 Å². The van der Waals surface area contributed by atoms with Crippen molar-refractivity contribution in [2.45, 2.75) is 84.5 Å². The van der Waals surface area contributed by atoms with Gasteiger partial charge in [-0.05, 0) is 42.4 Å². The number of carboxylic acid groups (broad SMARTS) is 1. The predicted molar refractivity (Wildman–Crippen MR) is 100 cm³/mol. The quantitative estimate of drug-likeness (QED) is 0.395. The Kier molecular flexibility index (Phi) is 9.90. The molecule has 0 fully saturated rings. The molecule has 0 spiro atoms. The summed E-state index contributed by atoms with van der Waals surface area (Å²) in [7, 11) is 0. The van der Waals surface area contributed by atoms with Gasteiger partial charge in [0.1, 0.15) is 5.75 Å². The molecule has 2 N–H and O–H groups in total. The molecule has 0 saturated carbocycles. The van der Waals surface area contributed by atoms with Crippen LogP contribution >= 0.6 is 0 Å². The van der Waals surface area contributed by atoms with Crippen molar-refractivity contribution in [2.24, 2.45) is 0 Å². The van der Waals surface area contributed by atoms with Gasteiger partial charge < -0.3 is 10.2 Å². The number of phenolic OH excluding ortho intramolecular Hbond substituents is 1. The summed E-state index contributed by atoms with van der Waals surface area (Å²) in [6.07, 6.45) is 10.3. The highest BCUT2D eigenvalue weighted by molar-refractivity contribution is 6.33. The number of carbonyl (C=O) groups is 2. The molecule has 0 atom stereocenters. The number of hydrogen-bond acceptors (Lipinski definition) is 3. The Bertz CT molecular complexity index is 530. The average Bonchev–Trinajstić information content (AvgIpc) is 2.58. The van der Waals surface area contributed by atoms with Crippen molar-refractivity contribution in [3.63, 3.8) is 0 Å². The zero-order valence-electron chi connectivity index (χ0n) is 15.6. The summed E-state index contributed by atoms with van der Waals surface area (Å²) in [6, 6.07) is 3.61. The van der Waals surface area contributed by atoms with E-state index in [9.17, 15) is 14.7 Å². The summed E-state index contributed by atoms with van der Waals surface area (Å²) in [5.41, 5.74) is 2.38. The number of phenols is 1. The van der Waals surface area contributed by atoms with Gasteiger partial charge in [-0.15, -0.1) is 0 Å². The highest BCUT2D eigenvalue weighted by Crippen LogP contribution is 2.28. The number of carboxylic acids is 1. The van der Waals surface area contributed by atoms with Gasteiger partial charge in [-0.3, -0.25) is 4.79 Å². The summed E-state index contributed by atoms with van der Waals surface area (Å²) < 4.78 is 0. The number of hydrogen-bond donors (Lipinski definition) is 2. The van der Waals surface area contributed by atoms with Crippen LogP contribution in [0.3, 0.4) is 0 Å². The van der Waals surface area contributed by atoms with E-state index in [1.54, 1.807) is 12.1 Å². The van der Waals surface area contributed by atoms with E-state index in [0.29, 0.717) is 11.3 Å². The third kappa shape index (κ3) is 7.72. The number of aryl methyl sites for hydroxylation is 2. The number of unbranched alkanes of at least 4 members (excludes halogenated alkanes) is 6. The molecule has 0 saturated heterocycles. The molecule has 1 aromatic rings. The summed E-state index contributed by atoms with van der Waals surface area (Å²) in [5.74, 6) is -1.87. The lowest BCUT2D eigenvalue weighted by atomic mass is 9.94. The standard InChI is InChI=1S/C21H32O4/c1-3-5-7-9-11-17-13-16(15-19(22)21(24)25)14-18(20(17)23)12-10-8-6-4-2/h13-14,23H,3-12,15H2,1-2H3,(H,24,25). The lowest BCUT2D eigenvalue weighted by Gasteiger charge is -2.13. The SMILES string of the molecule is CCCCCCc1cc(CC(=O)C(=O)O)cc(CCCCCC)c1O. The average molecular weight is 348 g/mol. The monoisotopic (exact) mass is 348 g/mol. The van der Waals surface area contributed by atoms with E-state index in [2.05, 4.69) is 13.8 Å². The maximum absolute atomic E-state index is 11.6. The first-order valence-electron chi connectivity index (χ1n) is 9.59. The van der Waals surface area contributed by atoms with Crippen LogP contribution in [-0.2, 0) is 28.9 Å². The van der Waals surface area contributed by atoms with Crippen LogP contribution < -0.4 is 0 Å². The van der Waals surface area contributed by atoms with Crippen molar-refractivity contribution in [3.05, 3.63) is 28.8 Å². The molecule has 4 nitrogen and oxygen atoms in total. The number of ketones is 1. The number of carbonyl (C=O) groups excluding carboxylic acids is 1. The van der Waals surface area contributed by atoms with Gasteiger partial charge in [0.2, 0.25) is 5.78 Å². The molecule has 0 aliphatic heterocycles. The highest BCUT2D eigenvalue weighted by Gasteiger charge is 2.16. The topological polar surface area (TPSA) is 74.6 Å². The zero-order valence-corrected chi connectivity index (χ0v) is 15.6. The van der Waals surface area contributed by atoms with Crippen LogP contribution in [0.1, 0.15) is 81.9 Å². The van der Waals surface area contributed by atoms with E-state index in [1.807, 2.05) is 0 Å². The smallest absolute Gasteiger partial charge is 0.372 e. The van der Waals surface area contributed by atoms with Gasteiger partial charge in [-0.2, -0.15) is 0 Å². The second-order valence-corrected chi connectivity index (χ2v) is 6.79. The number of benzene rings is 1. The highest BCUT2D eigenvalue weighted by atomic mass is 16.4. The van der Waals surface area contributed by atoms with Crippen molar-refractivity contribution in [1.29, 1.82) is 0 Å². The van der Waals surface area contributed by atoms with Crippen molar-refractivity contribution in [3.8, 4) is 5.75 Å². The third-order valence-electron chi connectivity index (χ3n) is 4.53. The van der Waals surface area contributed by atoms with Crippen LogP contribution in [0.5, 0.6) is 5.75 Å². The van der Waals surface area contributed by atoms with Crippen LogP contribution in [0.2, 0.25) is 0 Å². The fraction of sp³-hybridized carbons (Fsp3) is 0.619. The minimum atomic E-state index is -1.40. The molecule has 4 heteroatoms. The van der Waals surface area contributed by atoms with Crippen LogP contribution in [0.25, 0.3) is 0 Å². The molecule has 140 valence electrons. The van der Waals surface area contributed by atoms with E-state index in [-0.39, 0.29) is 6.42 Å². The van der Waals surface area contributed by atoms with Crippen molar-refractivity contribution in [2.75, 3.05) is 0 Å². The van der Waals surface area contributed by atoms with E-state index < -0.39 is 11.8 Å². The van der Waals surface area contributed by atoms with Gasteiger partial charge in [-0.25, -0.2) is 4.79 Å². The van der Waals surface area contributed by atoms with E-state index in [4.69, 9.17) is 5.11 Å². The predicted octanol–water partition coefficient (Wildman–Crippen LogP) is 4.83. The van der Waals surface area contributed by atoms with Crippen LogP contribution in [-0.4, -0.2) is 22.0 Å². The fourth-order valence-electron chi connectivity index (χ4n) is 3.06. The minimum absolute atomic E-state index is 0.112. The van der Waals surface area contributed by atoms with E-state index >= 15 is 0 Å². The Labute approximate surface area is 151 Å². The minimum Gasteiger partial charge on any atom is -0.507 e. The summed E-state index contributed by atoms with van der Waals surface area (Å²) in [6.45, 7) is 4.31. The Morgan fingerprint density at radius 2 is 1.32 bits per heavy atom. The van der Waals surface area contributed by atoms with Gasteiger partial charge in [0.15, 0.2) is 0 Å². The van der Waals surface area contributed by atoms with Crippen molar-refractivity contribution in [1.82, 2.24) is 0 Å². The summed E-state index contributed by atoms with van der Waals surface area (Å²) in [4.78, 5) is 22.4. The van der Waals surface area contributed by atoms with E-state index in [1.165, 1.54) is 12.8 Å². The third-order valence-corrected chi connectivity index (χ3v) is 4.53. The van der Waals surface area contributed by atoms with Crippen LogP contribution in [0.15, 0.2) is 12.1 Å². The number of aliphatic carboxylic acids is 1. The molecular weight excluding hydrogens is 316 g/mol. The maximum Gasteiger partial charge on any atom is 0.372 e. The number of Topliss-reactive ketones (excluding diaryl/α,β-unsaturated/α-hetero) is 1. The lowest BCUT2D eigenvalue weighted by molar-refractivity contribution is -0.148. The molecule has 0 unspecified atom stereocenters. The largest absolute Gasteiger partial charge is 0.507 e. The molecule has 0 amide bonds. The Morgan fingerprint density at radius 1 is 0.840 bits per heavy atom. The van der Waals surface area contributed by atoms with Crippen LogP contribution in [0, 0.1) is 0 Å². The normalized spacial score (nSPS) is 10.8. The van der Waals surface area contributed by atoms with E-state index in [0.717, 1.165) is 62.5 Å². The fourth-order valence-corrected chi connectivity index (χ4v) is 3.06. The van der Waals surface area contributed by atoms with Gasteiger partial charge in [0.05, 0.1) is 0 Å². The molecule has 25 heavy (non-hydrogen) atoms. The second-order valence-electron chi connectivity index (χ2n) is 6.79. The molecule has 0 radical (unpaired) electrons. The molecule has 0 aliphatic carbocycles. The maximum atomic E-state index is 11.6. The van der Waals surface area contributed by atoms with Gasteiger partial charge in [0, 0.05) is 6.42 Å². The number of rotatable bonds is 13. The van der Waals surface area contributed by atoms with Gasteiger partial charge >= 0.3 is 5.97 Å². The molecule has 0 aromatic heterocycles. The zero-order chi connectivity index (χ0) is 18.7. The molecule has 0 heterocycles. The molecule has 0 bridgehead atoms. The Morgan fingerprint density at radius 3 is 1.72 bits per heavy atom. The van der Waals surface area contributed by atoms with Crippen LogP contribution in [0.4, 0.5) is 0 Å². The van der Waals surface area contributed by atoms with Gasteiger partial charge in [-0.1, -0.05) is 64.5 Å². The second kappa shape index (κ2) is 11.7. The first kappa shape index (κ1) is 21.2. The van der Waals surface area contributed by atoms with Crippen molar-refractivity contribution < 1.29 is 19.8 Å². The first-order chi connectivity index (χ1) is 12.0. The lowest BCUT2D eigenvalue weighted by Crippen LogP contribution is -2.15.